The largest absolute Gasteiger partial charge is 0.373 e. The van der Waals surface area contributed by atoms with Crippen molar-refractivity contribution in [3.8, 4) is 0 Å². The third-order valence-electron chi connectivity index (χ3n) is 4.49. The van der Waals surface area contributed by atoms with Crippen LogP contribution in [0.25, 0.3) is 0 Å². The van der Waals surface area contributed by atoms with Crippen molar-refractivity contribution >= 4 is 0 Å². The Hall–Kier alpha value is -1.00. The second-order valence-corrected chi connectivity index (χ2v) is 6.12. The predicted octanol–water partition coefficient (Wildman–Crippen LogP) is 2.43. The zero-order valence-electron chi connectivity index (χ0n) is 12.6. The maximum atomic E-state index is 5.43. The highest BCUT2D eigenvalue weighted by atomic mass is 16.5. The van der Waals surface area contributed by atoms with E-state index < -0.39 is 0 Å². The van der Waals surface area contributed by atoms with Gasteiger partial charge in [0.15, 0.2) is 5.82 Å². The van der Waals surface area contributed by atoms with Crippen LogP contribution < -0.4 is 5.32 Å². The number of hydrogen-bond acceptors (Lipinski definition) is 4. The number of hydrogen-bond donors (Lipinski definition) is 1. The summed E-state index contributed by atoms with van der Waals surface area (Å²) in [6.07, 6.45) is 9.17. The van der Waals surface area contributed by atoms with Crippen LogP contribution >= 0.6 is 0 Å². The van der Waals surface area contributed by atoms with E-state index in [1.54, 1.807) is 7.11 Å². The molecule has 110 valence electrons. The molecule has 3 rings (SSSR count). The number of methoxy groups -OCH3 is 1. The summed E-state index contributed by atoms with van der Waals surface area (Å²) in [4.78, 5) is 9.26. The average molecular weight is 275 g/mol. The van der Waals surface area contributed by atoms with Gasteiger partial charge in [-0.1, -0.05) is 6.92 Å². The van der Waals surface area contributed by atoms with Gasteiger partial charge in [-0.15, -0.1) is 0 Å². The number of aryl methyl sites for hydroxylation is 1. The van der Waals surface area contributed by atoms with E-state index in [0.717, 1.165) is 43.6 Å². The molecule has 1 heterocycles. The van der Waals surface area contributed by atoms with E-state index in [4.69, 9.17) is 9.72 Å². The molecule has 1 N–H and O–H groups in total. The van der Waals surface area contributed by atoms with Crippen LogP contribution in [-0.2, 0) is 17.6 Å². The Kier molecular flexibility index (Phi) is 4.32. The van der Waals surface area contributed by atoms with E-state index >= 15 is 0 Å². The highest BCUT2D eigenvalue weighted by Gasteiger charge is 2.25. The lowest BCUT2D eigenvalue weighted by molar-refractivity contribution is 0.0922. The molecule has 0 radical (unpaired) electrons. The first kappa shape index (κ1) is 14.0. The number of nitrogens with one attached hydrogen (secondary N) is 1. The molecule has 20 heavy (non-hydrogen) atoms. The zero-order chi connectivity index (χ0) is 13.9. The molecule has 0 saturated heterocycles. The standard InChI is InChI=1S/C16H25N3O/c1-3-15(20-2)16-18-10-12-8-11(4-7-14(12)19-16)9-17-13-5-6-13/h10-11,13,15,17H,3-9H2,1-2H3. The number of ether oxygens (including phenoxy) is 1. The van der Waals surface area contributed by atoms with Gasteiger partial charge in [0.1, 0.15) is 6.10 Å². The van der Waals surface area contributed by atoms with E-state index in [0.29, 0.717) is 0 Å². The van der Waals surface area contributed by atoms with Gasteiger partial charge in [0.25, 0.3) is 0 Å². The van der Waals surface area contributed by atoms with Crippen molar-refractivity contribution in [2.45, 2.75) is 57.6 Å². The smallest absolute Gasteiger partial charge is 0.157 e. The Morgan fingerprint density at radius 2 is 2.25 bits per heavy atom. The molecular weight excluding hydrogens is 250 g/mol. The molecule has 2 aliphatic rings. The Balaban J connectivity index is 1.64. The van der Waals surface area contributed by atoms with Gasteiger partial charge in [-0.25, -0.2) is 9.97 Å². The Bertz CT molecular complexity index is 455. The summed E-state index contributed by atoms with van der Waals surface area (Å²) in [5.74, 6) is 1.60. The topological polar surface area (TPSA) is 47.0 Å². The first-order valence-electron chi connectivity index (χ1n) is 7.91. The lowest BCUT2D eigenvalue weighted by Gasteiger charge is -2.25. The molecule has 2 aliphatic carbocycles. The van der Waals surface area contributed by atoms with Crippen LogP contribution in [0.2, 0.25) is 0 Å². The Morgan fingerprint density at radius 3 is 2.95 bits per heavy atom. The fourth-order valence-corrected chi connectivity index (χ4v) is 3.00. The quantitative estimate of drug-likeness (QED) is 0.866. The summed E-state index contributed by atoms with van der Waals surface area (Å²) < 4.78 is 5.43. The van der Waals surface area contributed by atoms with Gasteiger partial charge < -0.3 is 10.1 Å². The van der Waals surface area contributed by atoms with Crippen LogP contribution in [0.15, 0.2) is 6.20 Å². The maximum absolute atomic E-state index is 5.43. The van der Waals surface area contributed by atoms with Crippen LogP contribution in [0.1, 0.15) is 55.8 Å². The molecule has 4 heteroatoms. The maximum Gasteiger partial charge on any atom is 0.157 e. The third-order valence-corrected chi connectivity index (χ3v) is 4.49. The fourth-order valence-electron chi connectivity index (χ4n) is 3.00. The Morgan fingerprint density at radius 1 is 1.40 bits per heavy atom. The van der Waals surface area contributed by atoms with Gasteiger partial charge in [-0.05, 0) is 56.6 Å². The van der Waals surface area contributed by atoms with Crippen molar-refractivity contribution in [1.29, 1.82) is 0 Å². The van der Waals surface area contributed by atoms with Crippen molar-refractivity contribution in [3.63, 3.8) is 0 Å². The molecule has 1 fully saturated rings. The number of rotatable bonds is 6. The van der Waals surface area contributed by atoms with Gasteiger partial charge in [0.05, 0.1) is 0 Å². The summed E-state index contributed by atoms with van der Waals surface area (Å²) in [6.45, 7) is 3.26. The minimum atomic E-state index is 0.0366. The molecule has 1 aromatic rings. The SMILES string of the molecule is CCC(OC)c1ncc2c(n1)CCC(CNC1CC1)C2. The van der Waals surface area contributed by atoms with E-state index in [9.17, 15) is 0 Å². The number of nitrogens with zero attached hydrogens (tertiary/aromatic N) is 2. The molecule has 4 nitrogen and oxygen atoms in total. The normalized spacial score (nSPS) is 23.4. The van der Waals surface area contributed by atoms with Crippen LogP contribution in [0.4, 0.5) is 0 Å². The minimum absolute atomic E-state index is 0.0366. The van der Waals surface area contributed by atoms with Gasteiger partial charge in [-0.3, -0.25) is 0 Å². The van der Waals surface area contributed by atoms with Gasteiger partial charge >= 0.3 is 0 Å². The van der Waals surface area contributed by atoms with Crippen molar-refractivity contribution in [1.82, 2.24) is 15.3 Å². The summed E-state index contributed by atoms with van der Waals surface area (Å²) in [6, 6.07) is 0.807. The average Bonchev–Trinajstić information content (AvgIpc) is 3.30. The first-order chi connectivity index (χ1) is 9.80. The second kappa shape index (κ2) is 6.19. The van der Waals surface area contributed by atoms with E-state index in [-0.39, 0.29) is 6.10 Å². The van der Waals surface area contributed by atoms with Gasteiger partial charge in [0.2, 0.25) is 0 Å². The molecular formula is C16H25N3O. The second-order valence-electron chi connectivity index (χ2n) is 6.12. The summed E-state index contributed by atoms with van der Waals surface area (Å²) >= 11 is 0. The van der Waals surface area contributed by atoms with Crippen molar-refractivity contribution < 1.29 is 4.74 Å². The van der Waals surface area contributed by atoms with E-state index in [1.165, 1.54) is 30.5 Å². The molecule has 0 aromatic carbocycles. The minimum Gasteiger partial charge on any atom is -0.373 e. The first-order valence-corrected chi connectivity index (χ1v) is 7.91. The number of aromatic nitrogens is 2. The molecule has 0 spiro atoms. The van der Waals surface area contributed by atoms with Crippen molar-refractivity contribution in [3.05, 3.63) is 23.3 Å². The van der Waals surface area contributed by atoms with Crippen molar-refractivity contribution in [2.24, 2.45) is 5.92 Å². The molecule has 1 aromatic heterocycles. The molecule has 1 saturated carbocycles. The summed E-state index contributed by atoms with van der Waals surface area (Å²) in [5, 5.41) is 3.64. The van der Waals surface area contributed by atoms with Crippen molar-refractivity contribution in [2.75, 3.05) is 13.7 Å². The molecule has 0 aliphatic heterocycles. The van der Waals surface area contributed by atoms with Crippen LogP contribution in [0.5, 0.6) is 0 Å². The number of fused-ring (bicyclic) bond motifs is 1. The molecule has 0 bridgehead atoms. The molecule has 2 unspecified atom stereocenters. The Labute approximate surface area is 121 Å². The summed E-state index contributed by atoms with van der Waals surface area (Å²) in [5.41, 5.74) is 2.58. The van der Waals surface area contributed by atoms with Crippen LogP contribution in [0.3, 0.4) is 0 Å². The monoisotopic (exact) mass is 275 g/mol. The lowest BCUT2D eigenvalue weighted by atomic mass is 9.87. The van der Waals surface area contributed by atoms with Crippen LogP contribution in [0, 0.1) is 5.92 Å². The highest BCUT2D eigenvalue weighted by molar-refractivity contribution is 5.22. The third kappa shape index (κ3) is 3.18. The van der Waals surface area contributed by atoms with Crippen LogP contribution in [-0.4, -0.2) is 29.7 Å². The lowest BCUT2D eigenvalue weighted by Crippen LogP contribution is -2.29. The van der Waals surface area contributed by atoms with E-state index in [1.807, 2.05) is 6.20 Å². The van der Waals surface area contributed by atoms with E-state index in [2.05, 4.69) is 17.2 Å². The molecule has 2 atom stereocenters. The summed E-state index contributed by atoms with van der Waals surface area (Å²) in [7, 11) is 1.73. The van der Waals surface area contributed by atoms with Gasteiger partial charge in [-0.2, -0.15) is 0 Å². The van der Waals surface area contributed by atoms with Gasteiger partial charge in [0, 0.05) is 25.0 Å². The fraction of sp³-hybridized carbons (Fsp3) is 0.750. The zero-order valence-corrected chi connectivity index (χ0v) is 12.6. The highest BCUT2D eigenvalue weighted by Crippen LogP contribution is 2.27. The predicted molar refractivity (Wildman–Crippen MR) is 78.6 cm³/mol. The molecule has 0 amide bonds.